The summed E-state index contributed by atoms with van der Waals surface area (Å²) < 4.78 is 10.5. The van der Waals surface area contributed by atoms with E-state index in [1.165, 1.54) is 7.11 Å². The number of aromatic amines is 1. The molecule has 0 aliphatic heterocycles. The van der Waals surface area contributed by atoms with Crippen molar-refractivity contribution < 1.29 is 9.47 Å². The van der Waals surface area contributed by atoms with E-state index in [0.717, 1.165) is 11.5 Å². The van der Waals surface area contributed by atoms with Gasteiger partial charge in [0, 0.05) is 29.6 Å². The second-order valence-electron chi connectivity index (χ2n) is 8.59. The zero-order valence-electron chi connectivity index (χ0n) is 20.0. The van der Waals surface area contributed by atoms with Gasteiger partial charge in [-0.15, -0.1) is 0 Å². The largest absolute Gasteiger partial charge is 0.481 e. The van der Waals surface area contributed by atoms with Crippen LogP contribution in [0.25, 0.3) is 22.8 Å². The van der Waals surface area contributed by atoms with Crippen LogP contribution in [0.5, 0.6) is 11.8 Å². The van der Waals surface area contributed by atoms with Crippen LogP contribution in [0.4, 0.5) is 17.5 Å². The summed E-state index contributed by atoms with van der Waals surface area (Å²) in [6.07, 6.45) is 3.32. The van der Waals surface area contributed by atoms with Crippen molar-refractivity contribution >= 4 is 17.5 Å². The van der Waals surface area contributed by atoms with E-state index in [9.17, 15) is 0 Å². The van der Waals surface area contributed by atoms with Gasteiger partial charge >= 0.3 is 0 Å². The molecular weight excluding hydrogens is 434 g/mol. The van der Waals surface area contributed by atoms with Crippen molar-refractivity contribution in [2.45, 2.75) is 33.1 Å². The van der Waals surface area contributed by atoms with Crippen LogP contribution in [0, 0.1) is 6.92 Å². The van der Waals surface area contributed by atoms with Crippen molar-refractivity contribution in [3.63, 3.8) is 0 Å². The Morgan fingerprint density at radius 2 is 1.71 bits per heavy atom. The number of nitrogens with two attached hydrogens (primary N) is 1. The van der Waals surface area contributed by atoms with Crippen LogP contribution >= 0.6 is 0 Å². The summed E-state index contributed by atoms with van der Waals surface area (Å²) >= 11 is 0. The highest BCUT2D eigenvalue weighted by Gasteiger charge is 2.26. The predicted octanol–water partition coefficient (Wildman–Crippen LogP) is 3.67. The van der Waals surface area contributed by atoms with Crippen LogP contribution in [0.15, 0.2) is 30.6 Å². The molecule has 0 fully saturated rings. The Hall–Kier alpha value is -4.28. The van der Waals surface area contributed by atoms with Gasteiger partial charge in [0.25, 0.3) is 5.88 Å². The number of anilines is 3. The molecule has 176 valence electrons. The summed E-state index contributed by atoms with van der Waals surface area (Å²) in [7, 11) is 3.06. The lowest BCUT2D eigenvalue weighted by Crippen LogP contribution is -2.13. The van der Waals surface area contributed by atoms with Gasteiger partial charge in [-0.3, -0.25) is 0 Å². The second-order valence-corrected chi connectivity index (χ2v) is 8.59. The average Bonchev–Trinajstić information content (AvgIpc) is 3.25. The first kappa shape index (κ1) is 22.9. The summed E-state index contributed by atoms with van der Waals surface area (Å²) in [5, 5.41) is 3.18. The van der Waals surface area contributed by atoms with Gasteiger partial charge in [-0.2, -0.15) is 0 Å². The van der Waals surface area contributed by atoms with Gasteiger partial charge in [-0.1, -0.05) is 20.8 Å². The van der Waals surface area contributed by atoms with Crippen molar-refractivity contribution in [1.82, 2.24) is 34.9 Å². The molecule has 4 aromatic heterocycles. The minimum absolute atomic E-state index is 0.221. The van der Waals surface area contributed by atoms with Gasteiger partial charge < -0.3 is 25.5 Å². The maximum atomic E-state index is 5.95. The monoisotopic (exact) mass is 461 g/mol. The van der Waals surface area contributed by atoms with E-state index in [-0.39, 0.29) is 17.1 Å². The summed E-state index contributed by atoms with van der Waals surface area (Å²) in [5.41, 5.74) is 9.55. The third-order valence-corrected chi connectivity index (χ3v) is 5.01. The third-order valence-electron chi connectivity index (χ3n) is 5.01. The molecule has 0 aromatic carbocycles. The number of nitrogens with zero attached hydrogens (tertiary/aromatic N) is 6. The van der Waals surface area contributed by atoms with Crippen molar-refractivity contribution in [3.8, 4) is 34.5 Å². The van der Waals surface area contributed by atoms with E-state index >= 15 is 0 Å². The molecule has 4 aromatic rings. The van der Waals surface area contributed by atoms with E-state index in [2.05, 4.69) is 51.0 Å². The van der Waals surface area contributed by atoms with Crippen LogP contribution in [-0.4, -0.2) is 49.1 Å². The van der Waals surface area contributed by atoms with E-state index in [1.807, 2.05) is 6.92 Å². The van der Waals surface area contributed by atoms with Crippen molar-refractivity contribution in [1.29, 1.82) is 0 Å². The number of aryl methyl sites for hydroxylation is 1. The standard InChI is InChI=1S/C23H27N9O2/c1-12-16(30-20(34-6)19(24)27-12)18-17(31-21(32-18)23(2,3)4)14-8-10-26-22(29-14)28-13-7-9-25-15(11-13)33-5/h7-11H,1-6H3,(H2,24,27)(H,31,32)(H,25,26,28,29). The minimum Gasteiger partial charge on any atom is -0.481 e. The number of rotatable bonds is 6. The molecule has 0 aliphatic rings. The number of pyridine rings is 1. The maximum Gasteiger partial charge on any atom is 0.257 e. The molecule has 0 radical (unpaired) electrons. The number of imidazole rings is 1. The fourth-order valence-corrected chi connectivity index (χ4v) is 3.27. The summed E-state index contributed by atoms with van der Waals surface area (Å²) in [5.74, 6) is 2.13. The first-order valence-corrected chi connectivity index (χ1v) is 10.6. The number of nitrogen functional groups attached to an aromatic ring is 1. The molecule has 0 saturated carbocycles. The van der Waals surface area contributed by atoms with Gasteiger partial charge in [0.1, 0.15) is 17.2 Å². The van der Waals surface area contributed by atoms with Crippen LogP contribution in [-0.2, 0) is 5.41 Å². The lowest BCUT2D eigenvalue weighted by atomic mass is 9.96. The predicted molar refractivity (Wildman–Crippen MR) is 129 cm³/mol. The molecule has 4 N–H and O–H groups in total. The zero-order valence-corrected chi connectivity index (χ0v) is 20.0. The number of hydrogen-bond acceptors (Lipinski definition) is 10. The number of hydrogen-bond donors (Lipinski definition) is 3. The van der Waals surface area contributed by atoms with Crippen molar-refractivity contribution in [3.05, 3.63) is 42.1 Å². The molecule has 11 nitrogen and oxygen atoms in total. The first-order chi connectivity index (χ1) is 16.2. The highest BCUT2D eigenvalue weighted by atomic mass is 16.5. The molecular formula is C23H27N9O2. The van der Waals surface area contributed by atoms with E-state index in [4.69, 9.17) is 25.2 Å². The molecule has 0 atom stereocenters. The Bertz CT molecular complexity index is 1330. The minimum atomic E-state index is -0.242. The Morgan fingerprint density at radius 3 is 2.41 bits per heavy atom. The van der Waals surface area contributed by atoms with Gasteiger partial charge in [0.05, 0.1) is 31.3 Å². The van der Waals surface area contributed by atoms with Gasteiger partial charge in [-0.25, -0.2) is 29.9 Å². The van der Waals surface area contributed by atoms with Crippen LogP contribution in [0.1, 0.15) is 32.3 Å². The highest BCUT2D eigenvalue weighted by Crippen LogP contribution is 2.35. The number of methoxy groups -OCH3 is 2. The smallest absolute Gasteiger partial charge is 0.257 e. The molecule has 0 spiro atoms. The summed E-state index contributed by atoms with van der Waals surface area (Å²) in [6, 6.07) is 5.37. The summed E-state index contributed by atoms with van der Waals surface area (Å²) in [4.78, 5) is 30.4. The molecule has 0 unspecified atom stereocenters. The average molecular weight is 462 g/mol. The molecule has 0 saturated heterocycles. The van der Waals surface area contributed by atoms with Gasteiger partial charge in [0.15, 0.2) is 5.82 Å². The third kappa shape index (κ3) is 4.58. The highest BCUT2D eigenvalue weighted by molar-refractivity contribution is 5.77. The topological polar surface area (TPSA) is 150 Å². The lowest BCUT2D eigenvalue weighted by molar-refractivity contribution is 0.398. The van der Waals surface area contributed by atoms with E-state index in [1.54, 1.807) is 37.7 Å². The second kappa shape index (κ2) is 8.93. The molecule has 11 heteroatoms. The molecule has 4 heterocycles. The van der Waals surface area contributed by atoms with E-state index in [0.29, 0.717) is 40.3 Å². The Balaban J connectivity index is 1.82. The van der Waals surface area contributed by atoms with Crippen molar-refractivity contribution in [2.75, 3.05) is 25.3 Å². The zero-order chi connectivity index (χ0) is 24.5. The lowest BCUT2D eigenvalue weighted by Gasteiger charge is -2.14. The Kier molecular flexibility index (Phi) is 6.01. The number of nitrogens with one attached hydrogen (secondary N) is 2. The van der Waals surface area contributed by atoms with Gasteiger partial charge in [0.2, 0.25) is 11.8 Å². The summed E-state index contributed by atoms with van der Waals surface area (Å²) in [6.45, 7) is 8.05. The van der Waals surface area contributed by atoms with Crippen LogP contribution in [0.2, 0.25) is 0 Å². The number of aromatic nitrogens is 7. The normalized spacial score (nSPS) is 11.4. The molecule has 34 heavy (non-hydrogen) atoms. The molecule has 0 bridgehead atoms. The SMILES string of the molecule is COc1cc(Nc2nccc(-c3[nH]c(C(C)(C)C)nc3-c3nc(OC)c(N)nc3C)n2)ccn1. The van der Waals surface area contributed by atoms with Gasteiger partial charge in [-0.05, 0) is 19.1 Å². The Morgan fingerprint density at radius 1 is 0.941 bits per heavy atom. The molecule has 4 rings (SSSR count). The fourth-order valence-electron chi connectivity index (χ4n) is 3.27. The molecule has 0 aliphatic carbocycles. The Labute approximate surface area is 197 Å². The maximum absolute atomic E-state index is 5.95. The number of ether oxygens (including phenoxy) is 2. The van der Waals surface area contributed by atoms with Crippen LogP contribution in [0.3, 0.4) is 0 Å². The fraction of sp³-hybridized carbons (Fsp3) is 0.304. The van der Waals surface area contributed by atoms with Crippen molar-refractivity contribution in [2.24, 2.45) is 0 Å². The number of H-pyrrole nitrogens is 1. The molecule has 0 amide bonds. The first-order valence-electron chi connectivity index (χ1n) is 10.6. The quantitative estimate of drug-likeness (QED) is 0.388. The van der Waals surface area contributed by atoms with Crippen LogP contribution < -0.4 is 20.5 Å². The van der Waals surface area contributed by atoms with E-state index < -0.39 is 0 Å².